The molecule has 2 heteroatoms. The van der Waals surface area contributed by atoms with E-state index in [-0.39, 0.29) is 5.41 Å². The van der Waals surface area contributed by atoms with Gasteiger partial charge in [0.05, 0.1) is 11.0 Å². The first-order valence-electron chi connectivity index (χ1n) is 7.15. The molecule has 3 rings (SSSR count). The monoisotopic (exact) mass is 264 g/mol. The lowest BCUT2D eigenvalue weighted by atomic mass is 9.82. The summed E-state index contributed by atoms with van der Waals surface area (Å²) in [5.41, 5.74) is 4.96. The van der Waals surface area contributed by atoms with E-state index in [0.717, 1.165) is 23.1 Å². The van der Waals surface area contributed by atoms with E-state index in [1.165, 1.54) is 5.56 Å². The molecule has 0 aliphatic carbocycles. The number of hydrogen-bond donors (Lipinski definition) is 0. The van der Waals surface area contributed by atoms with Gasteiger partial charge in [0.1, 0.15) is 6.33 Å². The zero-order chi connectivity index (χ0) is 14.2. The topological polar surface area (TPSA) is 17.8 Å². The first kappa shape index (κ1) is 12.9. The molecule has 1 aromatic heterocycles. The molecule has 0 bridgehead atoms. The van der Waals surface area contributed by atoms with Crippen LogP contribution in [0.4, 0.5) is 0 Å². The van der Waals surface area contributed by atoms with Crippen molar-refractivity contribution in [2.75, 3.05) is 0 Å². The maximum Gasteiger partial charge on any atom is 0.100 e. The molecule has 102 valence electrons. The molecule has 2 aromatic carbocycles. The van der Waals surface area contributed by atoms with Crippen LogP contribution in [0.25, 0.3) is 16.7 Å². The van der Waals surface area contributed by atoms with Gasteiger partial charge in [0.15, 0.2) is 0 Å². The SMILES string of the molecule is CCC(C)(C)c1ccc(-n2cnc3ccccc32)cc1. The van der Waals surface area contributed by atoms with Crippen LogP contribution in [0, 0.1) is 0 Å². The van der Waals surface area contributed by atoms with Crippen LogP contribution in [0.15, 0.2) is 54.9 Å². The summed E-state index contributed by atoms with van der Waals surface area (Å²) < 4.78 is 2.14. The van der Waals surface area contributed by atoms with E-state index < -0.39 is 0 Å². The van der Waals surface area contributed by atoms with Crippen LogP contribution < -0.4 is 0 Å². The molecule has 0 aliphatic heterocycles. The molecule has 0 aliphatic rings. The van der Waals surface area contributed by atoms with Crippen molar-refractivity contribution in [1.82, 2.24) is 9.55 Å². The third kappa shape index (κ3) is 2.11. The number of para-hydroxylation sites is 2. The number of rotatable bonds is 3. The molecule has 0 atom stereocenters. The Kier molecular flexibility index (Phi) is 3.09. The number of hydrogen-bond acceptors (Lipinski definition) is 1. The van der Waals surface area contributed by atoms with Crippen molar-refractivity contribution in [3.05, 3.63) is 60.4 Å². The van der Waals surface area contributed by atoms with Crippen molar-refractivity contribution >= 4 is 11.0 Å². The summed E-state index contributed by atoms with van der Waals surface area (Å²) in [6.07, 6.45) is 3.03. The third-order valence-electron chi connectivity index (χ3n) is 4.26. The highest BCUT2D eigenvalue weighted by molar-refractivity contribution is 5.77. The molecule has 0 fully saturated rings. The minimum atomic E-state index is 0.232. The summed E-state index contributed by atoms with van der Waals surface area (Å²) in [7, 11) is 0. The average molecular weight is 264 g/mol. The van der Waals surface area contributed by atoms with E-state index in [9.17, 15) is 0 Å². The number of aromatic nitrogens is 2. The number of imidazole rings is 1. The van der Waals surface area contributed by atoms with Gasteiger partial charge in [-0.2, -0.15) is 0 Å². The molecule has 3 aromatic rings. The zero-order valence-corrected chi connectivity index (χ0v) is 12.3. The minimum Gasteiger partial charge on any atom is -0.299 e. The van der Waals surface area contributed by atoms with Crippen molar-refractivity contribution < 1.29 is 0 Å². The van der Waals surface area contributed by atoms with Gasteiger partial charge in [0.2, 0.25) is 0 Å². The molecule has 0 unspecified atom stereocenters. The summed E-state index contributed by atoms with van der Waals surface area (Å²) in [6, 6.07) is 17.0. The predicted molar refractivity (Wildman–Crippen MR) is 84.4 cm³/mol. The van der Waals surface area contributed by atoms with Crippen LogP contribution in [-0.4, -0.2) is 9.55 Å². The van der Waals surface area contributed by atoms with Gasteiger partial charge in [-0.3, -0.25) is 4.57 Å². The molecule has 20 heavy (non-hydrogen) atoms. The lowest BCUT2D eigenvalue weighted by Crippen LogP contribution is -2.15. The molecular weight excluding hydrogens is 244 g/mol. The maximum absolute atomic E-state index is 4.45. The Morgan fingerprint density at radius 3 is 2.40 bits per heavy atom. The van der Waals surface area contributed by atoms with E-state index in [2.05, 4.69) is 66.7 Å². The van der Waals surface area contributed by atoms with Crippen LogP contribution in [0.5, 0.6) is 0 Å². The van der Waals surface area contributed by atoms with Gasteiger partial charge in [0.25, 0.3) is 0 Å². The van der Waals surface area contributed by atoms with E-state index in [1.54, 1.807) is 0 Å². The van der Waals surface area contributed by atoms with Gasteiger partial charge < -0.3 is 0 Å². The Bertz CT molecular complexity index is 721. The molecular formula is C18H20N2. The first-order chi connectivity index (χ1) is 9.62. The maximum atomic E-state index is 4.45. The fourth-order valence-electron chi connectivity index (χ4n) is 2.44. The van der Waals surface area contributed by atoms with Crippen molar-refractivity contribution in [3.63, 3.8) is 0 Å². The highest BCUT2D eigenvalue weighted by Crippen LogP contribution is 2.28. The van der Waals surface area contributed by atoms with Crippen LogP contribution in [0.2, 0.25) is 0 Å². The van der Waals surface area contributed by atoms with Crippen LogP contribution in [-0.2, 0) is 5.41 Å². The Labute approximate surface area is 120 Å². The fraction of sp³-hybridized carbons (Fsp3) is 0.278. The average Bonchev–Trinajstić information content (AvgIpc) is 2.91. The van der Waals surface area contributed by atoms with Crippen molar-refractivity contribution in [3.8, 4) is 5.69 Å². The lowest BCUT2D eigenvalue weighted by molar-refractivity contribution is 0.506. The Hall–Kier alpha value is -2.09. The van der Waals surface area contributed by atoms with E-state index >= 15 is 0 Å². The highest BCUT2D eigenvalue weighted by Gasteiger charge is 2.17. The second-order valence-electron chi connectivity index (χ2n) is 5.89. The van der Waals surface area contributed by atoms with Gasteiger partial charge in [-0.15, -0.1) is 0 Å². The second kappa shape index (κ2) is 4.78. The smallest absolute Gasteiger partial charge is 0.100 e. The quantitative estimate of drug-likeness (QED) is 0.669. The molecule has 0 saturated heterocycles. The molecule has 0 N–H and O–H groups in total. The molecule has 0 saturated carbocycles. The molecule has 0 spiro atoms. The Morgan fingerprint density at radius 2 is 1.70 bits per heavy atom. The van der Waals surface area contributed by atoms with Crippen molar-refractivity contribution in [1.29, 1.82) is 0 Å². The van der Waals surface area contributed by atoms with E-state index in [0.29, 0.717) is 0 Å². The van der Waals surface area contributed by atoms with Crippen LogP contribution >= 0.6 is 0 Å². The van der Waals surface area contributed by atoms with Gasteiger partial charge in [-0.25, -0.2) is 4.98 Å². The van der Waals surface area contributed by atoms with Crippen molar-refractivity contribution in [2.24, 2.45) is 0 Å². The molecule has 1 heterocycles. The van der Waals surface area contributed by atoms with Gasteiger partial charge in [0, 0.05) is 5.69 Å². The first-order valence-corrected chi connectivity index (χ1v) is 7.15. The summed E-state index contributed by atoms with van der Waals surface area (Å²) in [4.78, 5) is 4.45. The van der Waals surface area contributed by atoms with Gasteiger partial charge >= 0.3 is 0 Å². The highest BCUT2D eigenvalue weighted by atomic mass is 15.0. The zero-order valence-electron chi connectivity index (χ0n) is 12.3. The largest absolute Gasteiger partial charge is 0.299 e. The molecule has 0 amide bonds. The number of benzene rings is 2. The Balaban J connectivity index is 2.03. The van der Waals surface area contributed by atoms with E-state index in [4.69, 9.17) is 0 Å². The third-order valence-corrected chi connectivity index (χ3v) is 4.26. The standard InChI is InChI=1S/C18H20N2/c1-4-18(2,3)14-9-11-15(12-10-14)20-13-19-16-7-5-6-8-17(16)20/h5-13H,4H2,1-3H3. The fourth-order valence-corrected chi connectivity index (χ4v) is 2.44. The lowest BCUT2D eigenvalue weighted by Gasteiger charge is -2.23. The molecule has 2 nitrogen and oxygen atoms in total. The minimum absolute atomic E-state index is 0.232. The van der Waals surface area contributed by atoms with Crippen LogP contribution in [0.3, 0.4) is 0 Å². The summed E-state index contributed by atoms with van der Waals surface area (Å²) in [5, 5.41) is 0. The van der Waals surface area contributed by atoms with Crippen LogP contribution in [0.1, 0.15) is 32.8 Å². The Morgan fingerprint density at radius 1 is 1.00 bits per heavy atom. The normalized spacial score (nSPS) is 11.9. The van der Waals surface area contributed by atoms with E-state index in [1.807, 2.05) is 18.5 Å². The van der Waals surface area contributed by atoms with Gasteiger partial charge in [-0.1, -0.05) is 45.0 Å². The number of nitrogens with zero attached hydrogens (tertiary/aromatic N) is 2. The predicted octanol–water partition coefficient (Wildman–Crippen LogP) is 4.71. The number of fused-ring (bicyclic) bond motifs is 1. The van der Waals surface area contributed by atoms with Gasteiger partial charge in [-0.05, 0) is 41.7 Å². The van der Waals surface area contributed by atoms with Crippen molar-refractivity contribution in [2.45, 2.75) is 32.6 Å². The second-order valence-corrected chi connectivity index (χ2v) is 5.89. The molecule has 0 radical (unpaired) electrons. The summed E-state index contributed by atoms with van der Waals surface area (Å²) >= 11 is 0. The summed E-state index contributed by atoms with van der Waals surface area (Å²) in [6.45, 7) is 6.81. The summed E-state index contributed by atoms with van der Waals surface area (Å²) in [5.74, 6) is 0.